The van der Waals surface area contributed by atoms with Crippen molar-refractivity contribution in [1.82, 2.24) is 14.8 Å². The summed E-state index contributed by atoms with van der Waals surface area (Å²) in [5, 5.41) is 8.18. The average molecular weight is 465 g/mol. The number of ketones is 1. The van der Waals surface area contributed by atoms with E-state index in [0.29, 0.717) is 24.8 Å². The van der Waals surface area contributed by atoms with Crippen molar-refractivity contribution in [3.8, 4) is 17.1 Å². The number of hydrogen-bond acceptors (Lipinski definition) is 5. The Labute approximate surface area is 183 Å². The lowest BCUT2D eigenvalue weighted by atomic mass is 9.85. The van der Waals surface area contributed by atoms with E-state index in [4.69, 9.17) is 14.8 Å². The molecule has 6 nitrogen and oxygen atoms in total. The SMILES string of the molecule is CCOc1ccc(-c2nc3n(n2)C(c2ccc(Br)cc2)C2=C(CCCC2=O)N3)cc1. The number of rotatable bonds is 4. The van der Waals surface area contributed by atoms with Crippen molar-refractivity contribution in [1.29, 1.82) is 0 Å². The number of benzene rings is 2. The zero-order valence-corrected chi connectivity index (χ0v) is 18.1. The first-order valence-corrected chi connectivity index (χ1v) is 10.9. The van der Waals surface area contributed by atoms with Gasteiger partial charge in [-0.2, -0.15) is 4.98 Å². The van der Waals surface area contributed by atoms with Crippen molar-refractivity contribution in [2.75, 3.05) is 11.9 Å². The van der Waals surface area contributed by atoms with Gasteiger partial charge in [-0.25, -0.2) is 4.68 Å². The molecule has 0 radical (unpaired) electrons. The molecule has 5 rings (SSSR count). The van der Waals surface area contributed by atoms with Crippen molar-refractivity contribution in [2.24, 2.45) is 0 Å². The minimum absolute atomic E-state index is 0.181. The summed E-state index contributed by atoms with van der Waals surface area (Å²) in [6.45, 7) is 2.59. The van der Waals surface area contributed by atoms with Crippen LogP contribution in [0.5, 0.6) is 5.75 Å². The summed E-state index contributed by atoms with van der Waals surface area (Å²) in [6.07, 6.45) is 2.28. The highest BCUT2D eigenvalue weighted by Gasteiger charge is 2.36. The van der Waals surface area contributed by atoms with Gasteiger partial charge < -0.3 is 10.1 Å². The standard InChI is InChI=1S/C23H21BrN4O2/c1-2-30-17-12-8-15(9-13-17)22-26-23-25-18-4-3-5-19(29)20(18)21(28(23)27-22)14-6-10-16(24)11-7-14/h6-13,21H,2-5H2,1H3,(H,25,26,27). The molecule has 1 aliphatic heterocycles. The summed E-state index contributed by atoms with van der Waals surface area (Å²) in [5.41, 5.74) is 3.70. The molecule has 1 aromatic heterocycles. The van der Waals surface area contributed by atoms with Crippen LogP contribution in [0.15, 0.2) is 64.3 Å². The first kappa shape index (κ1) is 19.1. The Morgan fingerprint density at radius 2 is 1.90 bits per heavy atom. The fraction of sp³-hybridized carbons (Fsp3) is 0.261. The van der Waals surface area contributed by atoms with Crippen LogP contribution in [0.25, 0.3) is 11.4 Å². The molecule has 0 amide bonds. The third-order valence-corrected chi connectivity index (χ3v) is 6.01. The number of nitrogens with one attached hydrogen (secondary N) is 1. The van der Waals surface area contributed by atoms with E-state index in [0.717, 1.165) is 45.5 Å². The molecule has 0 fully saturated rings. The lowest BCUT2D eigenvalue weighted by molar-refractivity contribution is -0.116. The van der Waals surface area contributed by atoms with Gasteiger partial charge in [-0.3, -0.25) is 4.79 Å². The van der Waals surface area contributed by atoms with E-state index >= 15 is 0 Å². The molecule has 7 heteroatoms. The van der Waals surface area contributed by atoms with Crippen LogP contribution < -0.4 is 10.1 Å². The predicted molar refractivity (Wildman–Crippen MR) is 118 cm³/mol. The fourth-order valence-corrected chi connectivity index (χ4v) is 4.36. The van der Waals surface area contributed by atoms with E-state index < -0.39 is 0 Å². The number of nitrogens with zero attached hydrogens (tertiary/aromatic N) is 3. The van der Waals surface area contributed by atoms with Gasteiger partial charge in [0, 0.05) is 27.7 Å². The van der Waals surface area contributed by atoms with Crippen LogP contribution in [-0.4, -0.2) is 27.2 Å². The Balaban J connectivity index is 1.60. The van der Waals surface area contributed by atoms with Gasteiger partial charge in [0.1, 0.15) is 11.8 Å². The van der Waals surface area contributed by atoms with Crippen LogP contribution >= 0.6 is 15.9 Å². The van der Waals surface area contributed by atoms with Crippen LogP contribution in [0.1, 0.15) is 37.8 Å². The third kappa shape index (κ3) is 3.33. The molecule has 0 saturated carbocycles. The molecule has 1 atom stereocenters. The zero-order chi connectivity index (χ0) is 20.7. The van der Waals surface area contributed by atoms with E-state index in [9.17, 15) is 4.79 Å². The molecule has 30 heavy (non-hydrogen) atoms. The molecular formula is C23H21BrN4O2. The van der Waals surface area contributed by atoms with E-state index in [1.165, 1.54) is 0 Å². The molecule has 1 aliphatic carbocycles. The molecule has 2 aliphatic rings. The Kier molecular flexibility index (Phi) is 4.90. The third-order valence-electron chi connectivity index (χ3n) is 5.48. The topological polar surface area (TPSA) is 69.0 Å². The number of hydrogen-bond donors (Lipinski definition) is 1. The molecule has 1 N–H and O–H groups in total. The molecule has 3 aromatic rings. The predicted octanol–water partition coefficient (Wildman–Crippen LogP) is 5.13. The number of fused-ring (bicyclic) bond motifs is 1. The summed E-state index contributed by atoms with van der Waals surface area (Å²) in [4.78, 5) is 17.6. The maximum Gasteiger partial charge on any atom is 0.226 e. The van der Waals surface area contributed by atoms with Crippen LogP contribution in [0.4, 0.5) is 5.95 Å². The van der Waals surface area contributed by atoms with Gasteiger partial charge in [0.2, 0.25) is 5.95 Å². The molecule has 0 spiro atoms. The maximum absolute atomic E-state index is 12.9. The Morgan fingerprint density at radius 3 is 2.63 bits per heavy atom. The molecule has 2 heterocycles. The van der Waals surface area contributed by atoms with Gasteiger partial charge in [0.05, 0.1) is 6.61 Å². The van der Waals surface area contributed by atoms with Gasteiger partial charge >= 0.3 is 0 Å². The summed E-state index contributed by atoms with van der Waals surface area (Å²) in [6, 6.07) is 15.5. The second-order valence-electron chi connectivity index (χ2n) is 7.41. The lowest BCUT2D eigenvalue weighted by Gasteiger charge is -2.32. The number of aromatic nitrogens is 3. The highest BCUT2D eigenvalue weighted by molar-refractivity contribution is 9.10. The minimum atomic E-state index is -0.277. The van der Waals surface area contributed by atoms with Crippen LogP contribution in [0.3, 0.4) is 0 Å². The number of carbonyl (C=O) groups is 1. The Morgan fingerprint density at radius 1 is 1.13 bits per heavy atom. The van der Waals surface area contributed by atoms with Crippen LogP contribution in [0, 0.1) is 0 Å². The summed E-state index contributed by atoms with van der Waals surface area (Å²) >= 11 is 3.50. The number of allylic oxidation sites excluding steroid dienone is 2. The first-order valence-electron chi connectivity index (χ1n) is 10.1. The highest BCUT2D eigenvalue weighted by Crippen LogP contribution is 2.40. The van der Waals surface area contributed by atoms with Crippen molar-refractivity contribution >= 4 is 27.7 Å². The number of anilines is 1. The van der Waals surface area contributed by atoms with Crippen LogP contribution in [0.2, 0.25) is 0 Å². The number of halogens is 1. The molecule has 1 unspecified atom stereocenters. The highest BCUT2D eigenvalue weighted by atomic mass is 79.9. The second-order valence-corrected chi connectivity index (χ2v) is 8.32. The normalized spacial score (nSPS) is 17.9. The summed E-state index contributed by atoms with van der Waals surface area (Å²) in [7, 11) is 0. The van der Waals surface area contributed by atoms with E-state index in [-0.39, 0.29) is 11.8 Å². The maximum atomic E-state index is 12.9. The van der Waals surface area contributed by atoms with E-state index in [1.807, 2.05) is 60.1 Å². The molecule has 0 saturated heterocycles. The molecule has 0 bridgehead atoms. The quantitative estimate of drug-likeness (QED) is 0.579. The average Bonchev–Trinajstić information content (AvgIpc) is 3.18. The Hall–Kier alpha value is -2.93. The van der Waals surface area contributed by atoms with Gasteiger partial charge in [-0.1, -0.05) is 28.1 Å². The van der Waals surface area contributed by atoms with Gasteiger partial charge in [0.25, 0.3) is 0 Å². The van der Waals surface area contributed by atoms with Crippen LogP contribution in [-0.2, 0) is 4.79 Å². The minimum Gasteiger partial charge on any atom is -0.494 e. The molecule has 152 valence electrons. The fourth-order valence-electron chi connectivity index (χ4n) is 4.10. The lowest BCUT2D eigenvalue weighted by Crippen LogP contribution is -2.31. The largest absolute Gasteiger partial charge is 0.494 e. The van der Waals surface area contributed by atoms with Crippen molar-refractivity contribution in [2.45, 2.75) is 32.2 Å². The summed E-state index contributed by atoms with van der Waals surface area (Å²) < 4.78 is 8.37. The van der Waals surface area contributed by atoms with Gasteiger partial charge in [-0.05, 0) is 61.7 Å². The summed E-state index contributed by atoms with van der Waals surface area (Å²) in [5.74, 6) is 2.29. The van der Waals surface area contributed by atoms with Crippen molar-refractivity contribution in [3.05, 3.63) is 69.8 Å². The van der Waals surface area contributed by atoms with Crippen molar-refractivity contribution in [3.63, 3.8) is 0 Å². The first-order chi connectivity index (χ1) is 14.6. The second kappa shape index (κ2) is 7.72. The Bertz CT molecular complexity index is 1130. The van der Waals surface area contributed by atoms with E-state index in [2.05, 4.69) is 21.2 Å². The van der Waals surface area contributed by atoms with Gasteiger partial charge in [-0.15, -0.1) is 5.10 Å². The van der Waals surface area contributed by atoms with E-state index in [1.54, 1.807) is 0 Å². The monoisotopic (exact) mass is 464 g/mol. The number of carbonyl (C=O) groups excluding carboxylic acids is 1. The number of Topliss-reactive ketones (excluding diaryl/α,β-unsaturated/α-hetero) is 1. The smallest absolute Gasteiger partial charge is 0.226 e. The zero-order valence-electron chi connectivity index (χ0n) is 16.6. The molecular weight excluding hydrogens is 444 g/mol. The van der Waals surface area contributed by atoms with Gasteiger partial charge in [0.15, 0.2) is 11.6 Å². The molecule has 2 aromatic carbocycles. The van der Waals surface area contributed by atoms with Crippen molar-refractivity contribution < 1.29 is 9.53 Å². The number of ether oxygens (including phenoxy) is 1.